The van der Waals surface area contributed by atoms with E-state index in [1.165, 1.54) is 24.3 Å². The van der Waals surface area contributed by atoms with Crippen LogP contribution < -0.4 is 0 Å². The van der Waals surface area contributed by atoms with Gasteiger partial charge in [-0.25, -0.2) is 9.18 Å². The van der Waals surface area contributed by atoms with E-state index in [-0.39, 0.29) is 11.7 Å². The highest BCUT2D eigenvalue weighted by Crippen LogP contribution is 2.35. The van der Waals surface area contributed by atoms with Crippen LogP contribution in [0.4, 0.5) is 4.39 Å². The van der Waals surface area contributed by atoms with Gasteiger partial charge in [0, 0.05) is 5.56 Å². The average molecular weight is 306 g/mol. The van der Waals surface area contributed by atoms with Crippen LogP contribution in [-0.4, -0.2) is 17.9 Å². The number of hydrogen-bond acceptors (Lipinski definition) is 3. The van der Waals surface area contributed by atoms with Gasteiger partial charge in [-0.05, 0) is 54.9 Å². The zero-order valence-corrected chi connectivity index (χ0v) is 13.3. The Morgan fingerprint density at radius 2 is 1.82 bits per heavy atom. The van der Waals surface area contributed by atoms with Crippen molar-refractivity contribution >= 4 is 11.8 Å². The highest BCUT2D eigenvalue weighted by molar-refractivity contribution is 6.40. The molecule has 22 heavy (non-hydrogen) atoms. The fraction of sp³-hybridized carbons (Fsp3) is 0.556. The highest BCUT2D eigenvalue weighted by Gasteiger charge is 2.34. The van der Waals surface area contributed by atoms with E-state index in [4.69, 9.17) is 4.74 Å². The van der Waals surface area contributed by atoms with Crippen molar-refractivity contribution in [2.24, 2.45) is 17.8 Å². The normalized spacial score (nSPS) is 25.0. The van der Waals surface area contributed by atoms with Crippen LogP contribution in [0, 0.1) is 23.6 Å². The lowest BCUT2D eigenvalue weighted by atomic mass is 9.75. The van der Waals surface area contributed by atoms with Gasteiger partial charge < -0.3 is 4.74 Å². The fourth-order valence-electron chi connectivity index (χ4n) is 3.16. The number of ether oxygens (including phenoxy) is 1. The summed E-state index contributed by atoms with van der Waals surface area (Å²) in [5, 5.41) is 0. The largest absolute Gasteiger partial charge is 0.456 e. The standard InChI is InChI=1S/C18H23FO3/c1-11(2)15-9-4-12(3)10-16(15)22-18(21)17(20)13-5-7-14(19)8-6-13/h5-8,11-12,15-16H,4,9-10H2,1-3H3/t12-,15+,16+/m1/s1. The van der Waals surface area contributed by atoms with Crippen molar-refractivity contribution in [3.63, 3.8) is 0 Å². The van der Waals surface area contributed by atoms with Gasteiger partial charge in [0.15, 0.2) is 0 Å². The molecule has 1 fully saturated rings. The van der Waals surface area contributed by atoms with E-state index >= 15 is 0 Å². The van der Waals surface area contributed by atoms with Crippen molar-refractivity contribution in [3.8, 4) is 0 Å². The van der Waals surface area contributed by atoms with Crippen LogP contribution >= 0.6 is 0 Å². The topological polar surface area (TPSA) is 43.4 Å². The molecule has 1 aliphatic carbocycles. The summed E-state index contributed by atoms with van der Waals surface area (Å²) in [6.07, 6.45) is 2.73. The predicted molar refractivity (Wildman–Crippen MR) is 82.0 cm³/mol. The highest BCUT2D eigenvalue weighted by atomic mass is 19.1. The third-order valence-corrected chi connectivity index (χ3v) is 4.51. The van der Waals surface area contributed by atoms with E-state index in [0.717, 1.165) is 19.3 Å². The summed E-state index contributed by atoms with van der Waals surface area (Å²) in [7, 11) is 0. The number of rotatable bonds is 4. The molecule has 0 aliphatic heterocycles. The molecule has 0 amide bonds. The van der Waals surface area contributed by atoms with Crippen molar-refractivity contribution in [2.45, 2.75) is 46.1 Å². The number of Topliss-reactive ketones (excluding diaryl/α,β-unsaturated/α-hetero) is 1. The molecular weight excluding hydrogens is 283 g/mol. The minimum Gasteiger partial charge on any atom is -0.456 e. The molecule has 2 rings (SSSR count). The second kappa shape index (κ2) is 7.03. The molecule has 1 aromatic rings. The summed E-state index contributed by atoms with van der Waals surface area (Å²) >= 11 is 0. The maximum atomic E-state index is 12.9. The number of halogens is 1. The lowest BCUT2D eigenvalue weighted by molar-refractivity contribution is -0.149. The van der Waals surface area contributed by atoms with Crippen LogP contribution in [0.2, 0.25) is 0 Å². The molecule has 3 atom stereocenters. The first kappa shape index (κ1) is 16.7. The number of carbonyl (C=O) groups excluding carboxylic acids is 2. The number of esters is 1. The number of carbonyl (C=O) groups is 2. The lowest BCUT2D eigenvalue weighted by Crippen LogP contribution is -2.37. The van der Waals surface area contributed by atoms with Gasteiger partial charge in [0.25, 0.3) is 5.78 Å². The number of ketones is 1. The van der Waals surface area contributed by atoms with Crippen molar-refractivity contribution < 1.29 is 18.7 Å². The van der Waals surface area contributed by atoms with Crippen molar-refractivity contribution in [1.82, 2.24) is 0 Å². The minimum absolute atomic E-state index is 0.163. The van der Waals surface area contributed by atoms with E-state index in [0.29, 0.717) is 17.8 Å². The first-order chi connectivity index (χ1) is 10.4. The van der Waals surface area contributed by atoms with Crippen molar-refractivity contribution in [2.75, 3.05) is 0 Å². The molecule has 0 bridgehead atoms. The molecule has 0 saturated heterocycles. The molecule has 0 N–H and O–H groups in total. The average Bonchev–Trinajstić information content (AvgIpc) is 2.47. The zero-order valence-electron chi connectivity index (χ0n) is 13.3. The second-order valence-electron chi connectivity index (χ2n) is 6.61. The first-order valence-electron chi connectivity index (χ1n) is 7.89. The van der Waals surface area contributed by atoms with E-state index in [1.807, 2.05) is 0 Å². The SMILES string of the molecule is CC(C)[C@@H]1CC[C@@H](C)C[C@@H]1OC(=O)C(=O)c1ccc(F)cc1. The van der Waals surface area contributed by atoms with Gasteiger partial charge in [-0.3, -0.25) is 4.79 Å². The lowest BCUT2D eigenvalue weighted by Gasteiger charge is -2.36. The Labute approximate surface area is 130 Å². The van der Waals surface area contributed by atoms with E-state index in [2.05, 4.69) is 20.8 Å². The monoisotopic (exact) mass is 306 g/mol. The number of hydrogen-bond donors (Lipinski definition) is 0. The molecule has 1 aromatic carbocycles. The molecule has 0 unspecified atom stereocenters. The number of benzene rings is 1. The Bertz CT molecular complexity index is 536. The maximum Gasteiger partial charge on any atom is 0.379 e. The Hall–Kier alpha value is -1.71. The van der Waals surface area contributed by atoms with Gasteiger partial charge in [-0.15, -0.1) is 0 Å². The molecule has 1 saturated carbocycles. The van der Waals surface area contributed by atoms with E-state index in [1.54, 1.807) is 0 Å². The molecule has 1 aliphatic rings. The smallest absolute Gasteiger partial charge is 0.379 e. The van der Waals surface area contributed by atoms with Crippen LogP contribution in [-0.2, 0) is 9.53 Å². The summed E-state index contributed by atoms with van der Waals surface area (Å²) in [6.45, 7) is 6.37. The van der Waals surface area contributed by atoms with Gasteiger partial charge in [0.1, 0.15) is 11.9 Å². The Morgan fingerprint density at radius 1 is 1.18 bits per heavy atom. The summed E-state index contributed by atoms with van der Waals surface area (Å²) in [6, 6.07) is 4.95. The van der Waals surface area contributed by atoms with Gasteiger partial charge in [-0.1, -0.05) is 27.2 Å². The van der Waals surface area contributed by atoms with Crippen LogP contribution in [0.3, 0.4) is 0 Å². The molecule has 3 nitrogen and oxygen atoms in total. The van der Waals surface area contributed by atoms with Crippen molar-refractivity contribution in [3.05, 3.63) is 35.6 Å². The van der Waals surface area contributed by atoms with Crippen LogP contribution in [0.25, 0.3) is 0 Å². The Balaban J connectivity index is 2.05. The Morgan fingerprint density at radius 3 is 2.41 bits per heavy atom. The van der Waals surface area contributed by atoms with Gasteiger partial charge >= 0.3 is 5.97 Å². The third-order valence-electron chi connectivity index (χ3n) is 4.51. The minimum atomic E-state index is -0.837. The molecule has 120 valence electrons. The molecule has 4 heteroatoms. The van der Waals surface area contributed by atoms with Crippen LogP contribution in [0.5, 0.6) is 0 Å². The fourth-order valence-corrected chi connectivity index (χ4v) is 3.16. The predicted octanol–water partition coefficient (Wildman–Crippen LogP) is 4.01. The van der Waals surface area contributed by atoms with E-state index in [9.17, 15) is 14.0 Å². The van der Waals surface area contributed by atoms with Crippen LogP contribution in [0.15, 0.2) is 24.3 Å². The summed E-state index contributed by atoms with van der Waals surface area (Å²) in [5.74, 6) is -0.788. The first-order valence-corrected chi connectivity index (χ1v) is 7.89. The maximum absolute atomic E-state index is 12.9. The zero-order chi connectivity index (χ0) is 16.3. The molecule has 0 spiro atoms. The van der Waals surface area contributed by atoms with Crippen molar-refractivity contribution in [1.29, 1.82) is 0 Å². The van der Waals surface area contributed by atoms with E-state index < -0.39 is 17.6 Å². The third kappa shape index (κ3) is 3.93. The van der Waals surface area contributed by atoms with Gasteiger partial charge in [0.2, 0.25) is 0 Å². The quantitative estimate of drug-likeness (QED) is 0.479. The summed E-state index contributed by atoms with van der Waals surface area (Å²) < 4.78 is 18.4. The molecule has 0 radical (unpaired) electrons. The van der Waals surface area contributed by atoms with Gasteiger partial charge in [-0.2, -0.15) is 0 Å². The molecular formula is C18H23FO3. The summed E-state index contributed by atoms with van der Waals surface area (Å²) in [4.78, 5) is 24.2. The Kier molecular flexibility index (Phi) is 5.33. The van der Waals surface area contributed by atoms with Gasteiger partial charge in [0.05, 0.1) is 0 Å². The van der Waals surface area contributed by atoms with Crippen LogP contribution in [0.1, 0.15) is 50.4 Å². The second-order valence-corrected chi connectivity index (χ2v) is 6.61. The summed E-state index contributed by atoms with van der Waals surface area (Å²) in [5.41, 5.74) is 0.163. The molecule has 0 heterocycles. The molecule has 0 aromatic heterocycles.